The molecule has 0 amide bonds. The minimum absolute atomic E-state index is 0.0936. The number of nitrogens with zero attached hydrogens (tertiary/aromatic N) is 3. The Balaban J connectivity index is 1.50. The van der Waals surface area contributed by atoms with Crippen molar-refractivity contribution in [3.05, 3.63) is 82.5 Å². The smallest absolute Gasteiger partial charge is 0.416 e. The number of carbonyl (C=O) groups excluding carboxylic acids is 1. The Hall–Kier alpha value is -3.77. The number of thiophene rings is 1. The molecule has 0 unspecified atom stereocenters. The van der Waals surface area contributed by atoms with Crippen LogP contribution in [0.1, 0.15) is 33.3 Å². The maximum Gasteiger partial charge on any atom is 0.416 e. The second-order valence-corrected chi connectivity index (χ2v) is 9.50. The summed E-state index contributed by atoms with van der Waals surface area (Å²) in [7, 11) is 0. The maximum absolute atomic E-state index is 13.0. The van der Waals surface area contributed by atoms with Gasteiger partial charge in [0.1, 0.15) is 16.9 Å². The minimum atomic E-state index is -4.42. The van der Waals surface area contributed by atoms with Crippen molar-refractivity contribution in [1.82, 2.24) is 14.8 Å². The van der Waals surface area contributed by atoms with Crippen molar-refractivity contribution in [3.8, 4) is 11.1 Å². The van der Waals surface area contributed by atoms with Crippen LogP contribution in [0.15, 0.2) is 60.9 Å². The molecule has 192 valence electrons. The van der Waals surface area contributed by atoms with Gasteiger partial charge in [-0.2, -0.15) is 13.2 Å². The number of rotatable bonds is 7. The molecule has 2 heterocycles. The molecule has 0 atom stereocenters. The fourth-order valence-electron chi connectivity index (χ4n) is 3.68. The standard InChI is InChI=1S/C25H22F3N5O2S2/c1-3-35-22(34)20-19(17-9-5-4-6-10-17)15(2)37-21(20)30-24(36)31-23-29-14-33(32-23)13-16-8-7-11-18(12-16)25(26,27)28/h4-12,14H,3,13H2,1-2H3,(H2,30,31,32,36). The van der Waals surface area contributed by atoms with E-state index in [2.05, 4.69) is 20.7 Å². The summed E-state index contributed by atoms with van der Waals surface area (Å²) < 4.78 is 45.6. The summed E-state index contributed by atoms with van der Waals surface area (Å²) in [6.45, 7) is 3.96. The summed E-state index contributed by atoms with van der Waals surface area (Å²) >= 11 is 6.77. The number of esters is 1. The van der Waals surface area contributed by atoms with Crippen LogP contribution in [0, 0.1) is 6.92 Å². The van der Waals surface area contributed by atoms with Gasteiger partial charge in [0, 0.05) is 10.4 Å². The lowest BCUT2D eigenvalue weighted by Crippen LogP contribution is -2.21. The molecule has 0 spiro atoms. The van der Waals surface area contributed by atoms with Crippen LogP contribution in [0.3, 0.4) is 0 Å². The number of benzene rings is 2. The van der Waals surface area contributed by atoms with E-state index < -0.39 is 17.7 Å². The van der Waals surface area contributed by atoms with Crippen molar-refractivity contribution >= 4 is 45.6 Å². The molecule has 0 radical (unpaired) electrons. The second-order valence-electron chi connectivity index (χ2n) is 7.87. The van der Waals surface area contributed by atoms with E-state index in [1.54, 1.807) is 13.0 Å². The summed E-state index contributed by atoms with van der Waals surface area (Å²) in [6.07, 6.45) is -3.04. The van der Waals surface area contributed by atoms with Crippen LogP contribution in [-0.4, -0.2) is 32.5 Å². The maximum atomic E-state index is 13.0. The van der Waals surface area contributed by atoms with Crippen molar-refractivity contribution in [2.75, 3.05) is 17.2 Å². The van der Waals surface area contributed by atoms with Crippen molar-refractivity contribution in [2.45, 2.75) is 26.6 Å². The van der Waals surface area contributed by atoms with Gasteiger partial charge in [-0.15, -0.1) is 16.4 Å². The highest BCUT2D eigenvalue weighted by molar-refractivity contribution is 7.80. The zero-order chi connectivity index (χ0) is 26.6. The number of hydrogen-bond donors (Lipinski definition) is 2. The number of aromatic nitrogens is 3. The van der Waals surface area contributed by atoms with Crippen molar-refractivity contribution in [2.24, 2.45) is 0 Å². The number of ether oxygens (including phenoxy) is 1. The molecule has 7 nitrogen and oxygen atoms in total. The molecule has 2 aromatic carbocycles. The van der Waals surface area contributed by atoms with E-state index in [4.69, 9.17) is 17.0 Å². The van der Waals surface area contributed by atoms with E-state index in [0.717, 1.165) is 28.1 Å². The average Bonchev–Trinajstić information content (AvgIpc) is 3.42. The van der Waals surface area contributed by atoms with Gasteiger partial charge in [0.05, 0.1) is 18.7 Å². The molecule has 12 heteroatoms. The molecule has 0 saturated carbocycles. The summed E-state index contributed by atoms with van der Waals surface area (Å²) in [5, 5.41) is 10.8. The molecule has 4 aromatic rings. The van der Waals surface area contributed by atoms with Crippen LogP contribution in [-0.2, 0) is 17.5 Å². The zero-order valence-corrected chi connectivity index (χ0v) is 21.4. The number of thiocarbonyl (C=S) groups is 1. The van der Waals surface area contributed by atoms with Gasteiger partial charge in [-0.3, -0.25) is 5.32 Å². The number of alkyl halides is 3. The Bertz CT molecular complexity index is 1420. The predicted molar refractivity (Wildman–Crippen MR) is 141 cm³/mol. The van der Waals surface area contributed by atoms with E-state index in [0.29, 0.717) is 16.1 Å². The summed E-state index contributed by atoms with van der Waals surface area (Å²) in [5.74, 6) is -0.321. The molecule has 0 aliphatic rings. The molecule has 0 bridgehead atoms. The number of nitrogens with one attached hydrogen (secondary N) is 2. The highest BCUT2D eigenvalue weighted by Gasteiger charge is 2.30. The van der Waals surface area contributed by atoms with E-state index in [1.165, 1.54) is 28.4 Å². The van der Waals surface area contributed by atoms with Crippen LogP contribution in [0.5, 0.6) is 0 Å². The number of hydrogen-bond acceptors (Lipinski definition) is 6. The number of aryl methyl sites for hydroxylation is 1. The van der Waals surface area contributed by atoms with Gasteiger partial charge in [-0.05, 0) is 49.3 Å². The first-order valence-corrected chi connectivity index (χ1v) is 12.4. The molecule has 4 rings (SSSR count). The Morgan fingerprint density at radius 2 is 1.89 bits per heavy atom. The van der Waals surface area contributed by atoms with Crippen LogP contribution in [0.4, 0.5) is 24.1 Å². The molecule has 0 aliphatic heterocycles. The fraction of sp³-hybridized carbons (Fsp3) is 0.200. The average molecular weight is 546 g/mol. The SMILES string of the molecule is CCOC(=O)c1c(NC(=S)Nc2ncn(Cc3cccc(C(F)(F)F)c3)n2)sc(C)c1-c1ccccc1. The third kappa shape index (κ3) is 6.33. The van der Waals surface area contributed by atoms with Gasteiger partial charge in [0.15, 0.2) is 5.11 Å². The highest BCUT2D eigenvalue weighted by atomic mass is 32.1. The van der Waals surface area contributed by atoms with Crippen LogP contribution < -0.4 is 10.6 Å². The van der Waals surface area contributed by atoms with Gasteiger partial charge in [-0.25, -0.2) is 14.5 Å². The van der Waals surface area contributed by atoms with E-state index in [1.807, 2.05) is 37.3 Å². The third-order valence-electron chi connectivity index (χ3n) is 5.21. The topological polar surface area (TPSA) is 81.1 Å². The van der Waals surface area contributed by atoms with Crippen LogP contribution >= 0.6 is 23.6 Å². The van der Waals surface area contributed by atoms with Gasteiger partial charge in [0.2, 0.25) is 5.95 Å². The lowest BCUT2D eigenvalue weighted by molar-refractivity contribution is -0.137. The highest BCUT2D eigenvalue weighted by Crippen LogP contribution is 2.40. The summed E-state index contributed by atoms with van der Waals surface area (Å²) in [5.41, 5.74) is 1.71. The lowest BCUT2D eigenvalue weighted by atomic mass is 10.0. The summed E-state index contributed by atoms with van der Waals surface area (Å²) in [4.78, 5) is 17.9. The molecular formula is C25H22F3N5O2S2. The monoisotopic (exact) mass is 545 g/mol. The zero-order valence-electron chi connectivity index (χ0n) is 19.8. The first-order chi connectivity index (χ1) is 17.7. The molecule has 0 saturated heterocycles. The fourth-order valence-corrected chi connectivity index (χ4v) is 5.01. The molecule has 0 fully saturated rings. The normalized spacial score (nSPS) is 11.3. The van der Waals surface area contributed by atoms with Crippen molar-refractivity contribution < 1.29 is 22.7 Å². The number of halogens is 3. The molecular weight excluding hydrogens is 523 g/mol. The van der Waals surface area contributed by atoms with Crippen LogP contribution in [0.2, 0.25) is 0 Å². The van der Waals surface area contributed by atoms with Crippen molar-refractivity contribution in [3.63, 3.8) is 0 Å². The first kappa shape index (κ1) is 26.3. The van der Waals surface area contributed by atoms with E-state index in [9.17, 15) is 18.0 Å². The molecule has 2 N–H and O–H groups in total. The van der Waals surface area contributed by atoms with Gasteiger partial charge >= 0.3 is 12.1 Å². The first-order valence-electron chi connectivity index (χ1n) is 11.1. The Kier molecular flexibility index (Phi) is 7.89. The van der Waals surface area contributed by atoms with Gasteiger partial charge in [0.25, 0.3) is 0 Å². The number of anilines is 2. The second kappa shape index (κ2) is 11.1. The van der Waals surface area contributed by atoms with Gasteiger partial charge in [-0.1, -0.05) is 42.5 Å². The Labute approximate surface area is 220 Å². The predicted octanol–water partition coefficient (Wildman–Crippen LogP) is 6.37. The lowest BCUT2D eigenvalue weighted by Gasteiger charge is -2.10. The molecule has 2 aromatic heterocycles. The van der Waals surface area contributed by atoms with Crippen molar-refractivity contribution in [1.29, 1.82) is 0 Å². The Morgan fingerprint density at radius 1 is 1.14 bits per heavy atom. The van der Waals surface area contributed by atoms with Crippen LogP contribution in [0.25, 0.3) is 11.1 Å². The quantitative estimate of drug-likeness (QED) is 0.206. The number of carbonyl (C=O) groups is 1. The minimum Gasteiger partial charge on any atom is -0.462 e. The summed E-state index contributed by atoms with van der Waals surface area (Å²) in [6, 6.07) is 14.5. The molecule has 37 heavy (non-hydrogen) atoms. The largest absolute Gasteiger partial charge is 0.462 e. The van der Waals surface area contributed by atoms with E-state index in [-0.39, 0.29) is 24.2 Å². The Morgan fingerprint density at radius 3 is 2.59 bits per heavy atom. The van der Waals surface area contributed by atoms with Gasteiger partial charge < -0.3 is 10.1 Å². The third-order valence-corrected chi connectivity index (χ3v) is 6.44. The molecule has 0 aliphatic carbocycles. The van der Waals surface area contributed by atoms with E-state index >= 15 is 0 Å².